The van der Waals surface area contributed by atoms with Crippen molar-refractivity contribution in [2.24, 2.45) is 0 Å². The van der Waals surface area contributed by atoms with E-state index in [4.69, 9.17) is 16.2 Å². The molecule has 5 rings (SSSR count). The molecule has 1 saturated heterocycles. The molecule has 4 N–H and O–H groups in total. The van der Waals surface area contributed by atoms with Gasteiger partial charge in [-0.05, 0) is 55.7 Å². The summed E-state index contributed by atoms with van der Waals surface area (Å²) in [5.74, 6) is 7.17. The predicted molar refractivity (Wildman–Crippen MR) is 132 cm³/mol. The van der Waals surface area contributed by atoms with Gasteiger partial charge in [0.1, 0.15) is 17.0 Å². The number of fused-ring (bicyclic) bond motifs is 1. The number of benzene rings is 2. The summed E-state index contributed by atoms with van der Waals surface area (Å²) in [6.07, 6.45) is 2.83. The number of amides is 1. The van der Waals surface area contributed by atoms with Crippen LogP contribution in [0.15, 0.2) is 60.8 Å². The predicted octanol–water partition coefficient (Wildman–Crippen LogP) is 3.72. The van der Waals surface area contributed by atoms with Crippen LogP contribution in [0, 0.1) is 11.8 Å². The van der Waals surface area contributed by atoms with Gasteiger partial charge in [-0.3, -0.25) is 4.79 Å². The van der Waals surface area contributed by atoms with Crippen molar-refractivity contribution in [1.29, 1.82) is 0 Å². The van der Waals surface area contributed by atoms with E-state index in [9.17, 15) is 4.79 Å². The summed E-state index contributed by atoms with van der Waals surface area (Å²) in [6, 6.07) is 17.3. The maximum Gasteiger partial charge on any atom is 0.298 e. The van der Waals surface area contributed by atoms with Gasteiger partial charge in [0.25, 0.3) is 5.91 Å². The zero-order valence-corrected chi connectivity index (χ0v) is 18.7. The number of rotatable bonds is 4. The molecule has 1 amide bonds. The van der Waals surface area contributed by atoms with Crippen molar-refractivity contribution in [3.05, 3.63) is 66.4 Å². The van der Waals surface area contributed by atoms with Crippen molar-refractivity contribution in [3.8, 4) is 29.0 Å². The molecule has 2 aromatic carbocycles. The van der Waals surface area contributed by atoms with E-state index in [2.05, 4.69) is 21.8 Å². The molecule has 34 heavy (non-hydrogen) atoms. The average Bonchev–Trinajstić information content (AvgIpc) is 3.46. The van der Waals surface area contributed by atoms with E-state index in [0.717, 1.165) is 29.2 Å². The Morgan fingerprint density at radius 3 is 2.53 bits per heavy atom. The lowest BCUT2D eigenvalue weighted by Gasteiger charge is -2.12. The van der Waals surface area contributed by atoms with Crippen LogP contribution in [0.3, 0.4) is 0 Å². The van der Waals surface area contributed by atoms with E-state index in [1.165, 1.54) is 0 Å². The van der Waals surface area contributed by atoms with Crippen molar-refractivity contribution < 1.29 is 9.53 Å². The van der Waals surface area contributed by atoms with Gasteiger partial charge >= 0.3 is 0 Å². The number of para-hydroxylation sites is 1. The smallest absolute Gasteiger partial charge is 0.298 e. The Morgan fingerprint density at radius 2 is 1.79 bits per heavy atom. The maximum atomic E-state index is 12.3. The number of nitrogens with zero attached hydrogens (tertiary/aromatic N) is 4. The molecule has 0 aliphatic carbocycles. The molecule has 8 heteroatoms. The van der Waals surface area contributed by atoms with E-state index in [1.54, 1.807) is 11.8 Å². The average molecular weight is 453 g/mol. The van der Waals surface area contributed by atoms with E-state index in [1.807, 2.05) is 65.4 Å². The lowest BCUT2D eigenvalue weighted by Crippen LogP contribution is -2.26. The number of carbonyl (C=O) groups excluding carboxylic acids is 1. The number of nitrogen functional groups attached to an aromatic ring is 2. The normalized spacial score (nSPS) is 15.2. The van der Waals surface area contributed by atoms with Crippen LogP contribution < -0.4 is 16.2 Å². The standard InChI is InChI=1S/C26H24N6O2/c1-2-6-22(33)31-14-13-17(15-31)21-16-32(24-23(21)29-26(28)30-25(24)27)18-9-11-20(12-10-18)34-19-7-4-3-5-8-19/h3-5,7-12,16-17H,13-15H2,1H3,(H4,27,28,29,30). The molecule has 8 nitrogen and oxygen atoms in total. The van der Waals surface area contributed by atoms with Gasteiger partial charge in [0.2, 0.25) is 5.95 Å². The molecule has 1 aliphatic rings. The van der Waals surface area contributed by atoms with E-state index < -0.39 is 0 Å². The fourth-order valence-corrected chi connectivity index (χ4v) is 4.38. The molecular weight excluding hydrogens is 428 g/mol. The monoisotopic (exact) mass is 452 g/mol. The summed E-state index contributed by atoms with van der Waals surface area (Å²) >= 11 is 0. The topological polar surface area (TPSA) is 112 Å². The van der Waals surface area contributed by atoms with E-state index in [-0.39, 0.29) is 17.8 Å². The Kier molecular flexibility index (Phi) is 5.52. The van der Waals surface area contributed by atoms with Crippen LogP contribution in [0.2, 0.25) is 0 Å². The number of likely N-dealkylation sites (tertiary alicyclic amines) is 1. The van der Waals surface area contributed by atoms with E-state index in [0.29, 0.717) is 29.9 Å². The highest BCUT2D eigenvalue weighted by atomic mass is 16.5. The molecule has 4 aromatic rings. The van der Waals surface area contributed by atoms with Gasteiger partial charge in [-0.25, -0.2) is 4.98 Å². The Labute approximate surface area is 197 Å². The van der Waals surface area contributed by atoms with Crippen LogP contribution in [-0.4, -0.2) is 38.4 Å². The fraction of sp³-hybridized carbons (Fsp3) is 0.192. The lowest BCUT2D eigenvalue weighted by molar-refractivity contribution is -0.124. The second kappa shape index (κ2) is 8.79. The fourth-order valence-electron chi connectivity index (χ4n) is 4.38. The number of aromatic nitrogens is 3. The molecule has 3 heterocycles. The Balaban J connectivity index is 1.51. The second-order valence-electron chi connectivity index (χ2n) is 8.14. The minimum atomic E-state index is -0.156. The summed E-state index contributed by atoms with van der Waals surface area (Å²) in [6.45, 7) is 2.88. The van der Waals surface area contributed by atoms with Crippen LogP contribution in [-0.2, 0) is 4.79 Å². The number of anilines is 2. The lowest BCUT2D eigenvalue weighted by atomic mass is 10.0. The highest BCUT2D eigenvalue weighted by molar-refractivity contribution is 5.94. The highest BCUT2D eigenvalue weighted by Crippen LogP contribution is 2.36. The molecule has 0 bridgehead atoms. The number of hydrogen-bond donors (Lipinski definition) is 2. The van der Waals surface area contributed by atoms with Gasteiger partial charge in [-0.2, -0.15) is 4.98 Å². The molecule has 1 unspecified atom stereocenters. The maximum absolute atomic E-state index is 12.3. The number of carbonyl (C=O) groups is 1. The van der Waals surface area contributed by atoms with Crippen LogP contribution in [0.4, 0.5) is 11.8 Å². The quantitative estimate of drug-likeness (QED) is 0.457. The van der Waals surface area contributed by atoms with Crippen molar-refractivity contribution >= 4 is 28.7 Å². The molecular formula is C26H24N6O2. The van der Waals surface area contributed by atoms with E-state index >= 15 is 0 Å². The molecule has 0 saturated carbocycles. The van der Waals surface area contributed by atoms with Crippen molar-refractivity contribution in [2.45, 2.75) is 19.3 Å². The zero-order valence-electron chi connectivity index (χ0n) is 18.7. The minimum absolute atomic E-state index is 0.0979. The second-order valence-corrected chi connectivity index (χ2v) is 8.14. The molecule has 1 atom stereocenters. The molecule has 0 radical (unpaired) electrons. The largest absolute Gasteiger partial charge is 0.457 e. The summed E-state index contributed by atoms with van der Waals surface area (Å²) in [5.41, 5.74) is 15.5. The van der Waals surface area contributed by atoms with Crippen LogP contribution >= 0.6 is 0 Å². The van der Waals surface area contributed by atoms with Gasteiger partial charge in [0, 0.05) is 36.5 Å². The van der Waals surface area contributed by atoms with Gasteiger partial charge in [0.15, 0.2) is 5.82 Å². The first-order valence-electron chi connectivity index (χ1n) is 11.0. The van der Waals surface area contributed by atoms with Gasteiger partial charge < -0.3 is 25.7 Å². The Morgan fingerprint density at radius 1 is 1.06 bits per heavy atom. The van der Waals surface area contributed by atoms with Gasteiger partial charge in [0.05, 0.1) is 5.52 Å². The Bertz CT molecular complexity index is 1420. The number of ether oxygens (including phenoxy) is 1. The zero-order chi connectivity index (χ0) is 23.7. The third-order valence-corrected chi connectivity index (χ3v) is 5.95. The van der Waals surface area contributed by atoms with Crippen LogP contribution in [0.5, 0.6) is 11.5 Å². The van der Waals surface area contributed by atoms with Crippen LogP contribution in [0.1, 0.15) is 24.8 Å². The molecule has 1 fully saturated rings. The highest BCUT2D eigenvalue weighted by Gasteiger charge is 2.30. The number of nitrogens with two attached hydrogens (primary N) is 2. The van der Waals surface area contributed by atoms with Gasteiger partial charge in [-0.15, -0.1) is 0 Å². The Hall–Kier alpha value is -4.51. The van der Waals surface area contributed by atoms with Crippen molar-refractivity contribution in [2.75, 3.05) is 24.6 Å². The SMILES string of the molecule is CC#CC(=O)N1CCC(c2cn(-c3ccc(Oc4ccccc4)cc3)c3c(N)nc(N)nc23)C1. The number of hydrogen-bond acceptors (Lipinski definition) is 6. The minimum Gasteiger partial charge on any atom is -0.457 e. The van der Waals surface area contributed by atoms with Crippen molar-refractivity contribution in [1.82, 2.24) is 19.4 Å². The third-order valence-electron chi connectivity index (χ3n) is 5.95. The summed E-state index contributed by atoms with van der Waals surface area (Å²) in [7, 11) is 0. The first-order chi connectivity index (χ1) is 16.5. The molecule has 170 valence electrons. The van der Waals surface area contributed by atoms with Crippen LogP contribution in [0.25, 0.3) is 16.7 Å². The van der Waals surface area contributed by atoms with Crippen molar-refractivity contribution in [3.63, 3.8) is 0 Å². The summed E-state index contributed by atoms with van der Waals surface area (Å²) in [4.78, 5) is 22.7. The first kappa shape index (κ1) is 21.3. The molecule has 0 spiro atoms. The molecule has 1 aliphatic heterocycles. The first-order valence-corrected chi connectivity index (χ1v) is 11.0. The summed E-state index contributed by atoms with van der Waals surface area (Å²) in [5, 5.41) is 0. The summed E-state index contributed by atoms with van der Waals surface area (Å²) < 4.78 is 7.89. The molecule has 2 aromatic heterocycles. The third kappa shape index (κ3) is 3.99. The van der Waals surface area contributed by atoms with Gasteiger partial charge in [-0.1, -0.05) is 24.1 Å².